The van der Waals surface area contributed by atoms with E-state index in [-0.39, 0.29) is 11.6 Å². The largest absolute Gasteiger partial charge is 0.351 e. The van der Waals surface area contributed by atoms with Crippen LogP contribution < -0.4 is 5.32 Å². The first-order chi connectivity index (χ1) is 11.9. The molecule has 0 fully saturated rings. The molecule has 0 unspecified atom stereocenters. The lowest BCUT2D eigenvalue weighted by Crippen LogP contribution is -2.04. The first-order valence-corrected chi connectivity index (χ1v) is 9.39. The van der Waals surface area contributed by atoms with Gasteiger partial charge in [0.05, 0.1) is 5.75 Å². The molecule has 0 saturated carbocycles. The van der Waals surface area contributed by atoms with Crippen molar-refractivity contribution in [2.45, 2.75) is 18.2 Å². The van der Waals surface area contributed by atoms with Gasteiger partial charge in [0.1, 0.15) is 5.82 Å². The van der Waals surface area contributed by atoms with E-state index in [2.05, 4.69) is 15.5 Å². The number of benzene rings is 1. The number of rotatable bonds is 6. The maximum Gasteiger partial charge on any atom is 0.210 e. The van der Waals surface area contributed by atoms with E-state index in [1.165, 1.54) is 35.2 Å². The SMILES string of the molecule is Cc1cc(C(=O)CSc2nnc(Nc3cccc(F)c3)s2)c(C)n1C. The van der Waals surface area contributed by atoms with Gasteiger partial charge in [0, 0.05) is 29.7 Å². The maximum absolute atomic E-state index is 13.2. The van der Waals surface area contributed by atoms with Crippen molar-refractivity contribution in [3.05, 3.63) is 53.1 Å². The zero-order chi connectivity index (χ0) is 18.0. The monoisotopic (exact) mass is 376 g/mol. The molecule has 130 valence electrons. The van der Waals surface area contributed by atoms with Crippen LogP contribution in [0, 0.1) is 19.7 Å². The van der Waals surface area contributed by atoms with Gasteiger partial charge in [-0.1, -0.05) is 29.2 Å². The molecular formula is C17H17FN4OS2. The molecule has 3 rings (SSSR count). The molecule has 3 aromatic rings. The molecule has 1 aromatic carbocycles. The van der Waals surface area contributed by atoms with Crippen LogP contribution in [0.4, 0.5) is 15.2 Å². The van der Waals surface area contributed by atoms with Crippen molar-refractivity contribution in [3.8, 4) is 0 Å². The first kappa shape index (κ1) is 17.6. The lowest BCUT2D eigenvalue weighted by atomic mass is 10.2. The summed E-state index contributed by atoms with van der Waals surface area (Å²) in [5, 5.41) is 11.7. The van der Waals surface area contributed by atoms with Gasteiger partial charge in [0.15, 0.2) is 10.1 Å². The van der Waals surface area contributed by atoms with E-state index in [9.17, 15) is 9.18 Å². The maximum atomic E-state index is 13.2. The number of hydrogen-bond acceptors (Lipinski definition) is 6. The van der Waals surface area contributed by atoms with Crippen LogP contribution in [-0.2, 0) is 7.05 Å². The number of ketones is 1. The molecule has 0 saturated heterocycles. The molecule has 0 aliphatic carbocycles. The Morgan fingerprint density at radius 3 is 2.80 bits per heavy atom. The van der Waals surface area contributed by atoms with Crippen LogP contribution in [-0.4, -0.2) is 26.3 Å². The molecule has 0 spiro atoms. The Hall–Kier alpha value is -2.19. The minimum absolute atomic E-state index is 0.0704. The highest BCUT2D eigenvalue weighted by Crippen LogP contribution is 2.28. The molecule has 0 amide bonds. The molecule has 0 radical (unpaired) electrons. The number of aryl methyl sites for hydroxylation is 1. The van der Waals surface area contributed by atoms with Gasteiger partial charge in [-0.25, -0.2) is 4.39 Å². The van der Waals surface area contributed by atoms with Crippen molar-refractivity contribution in [3.63, 3.8) is 0 Å². The summed E-state index contributed by atoms with van der Waals surface area (Å²) in [6.45, 7) is 3.92. The predicted molar refractivity (Wildman–Crippen MR) is 99.5 cm³/mol. The van der Waals surface area contributed by atoms with E-state index >= 15 is 0 Å². The first-order valence-electron chi connectivity index (χ1n) is 7.59. The number of carbonyl (C=O) groups excluding carboxylic acids is 1. The summed E-state index contributed by atoms with van der Waals surface area (Å²) in [6, 6.07) is 8.05. The van der Waals surface area contributed by atoms with E-state index in [4.69, 9.17) is 0 Å². The minimum atomic E-state index is -0.316. The number of halogens is 1. The second kappa shape index (κ2) is 7.37. The molecule has 8 heteroatoms. The number of Topliss-reactive ketones (excluding diaryl/α,β-unsaturated/α-hetero) is 1. The van der Waals surface area contributed by atoms with Crippen LogP contribution in [0.2, 0.25) is 0 Å². The summed E-state index contributed by atoms with van der Waals surface area (Å²) < 4.78 is 15.9. The minimum Gasteiger partial charge on any atom is -0.351 e. The zero-order valence-corrected chi connectivity index (χ0v) is 15.7. The molecule has 2 aromatic heterocycles. The van der Waals surface area contributed by atoms with Crippen molar-refractivity contribution in [2.24, 2.45) is 7.05 Å². The Morgan fingerprint density at radius 2 is 2.12 bits per heavy atom. The lowest BCUT2D eigenvalue weighted by molar-refractivity contribution is 0.102. The summed E-state index contributed by atoms with van der Waals surface area (Å²) in [7, 11) is 1.95. The fraction of sp³-hybridized carbons (Fsp3) is 0.235. The van der Waals surface area contributed by atoms with Gasteiger partial charge in [-0.05, 0) is 38.1 Å². The van der Waals surface area contributed by atoms with Gasteiger partial charge in [0.2, 0.25) is 5.13 Å². The fourth-order valence-electron chi connectivity index (χ4n) is 2.35. The van der Waals surface area contributed by atoms with Crippen molar-refractivity contribution in [2.75, 3.05) is 11.1 Å². The lowest BCUT2D eigenvalue weighted by Gasteiger charge is -2.01. The Balaban J connectivity index is 1.61. The molecule has 5 nitrogen and oxygen atoms in total. The van der Waals surface area contributed by atoms with Crippen LogP contribution in [0.25, 0.3) is 0 Å². The predicted octanol–water partition coefficient (Wildman–Crippen LogP) is 4.35. The standard InChI is InChI=1S/C17H17FN4OS2/c1-10-7-14(11(2)22(10)3)15(23)9-24-17-21-20-16(25-17)19-13-6-4-5-12(18)8-13/h4-8H,9H2,1-3H3,(H,19,20). The van der Waals surface area contributed by atoms with Gasteiger partial charge >= 0.3 is 0 Å². The van der Waals surface area contributed by atoms with Gasteiger partial charge in [-0.15, -0.1) is 10.2 Å². The third-order valence-corrected chi connectivity index (χ3v) is 5.86. The van der Waals surface area contributed by atoms with Crippen LogP contribution in [0.1, 0.15) is 21.7 Å². The Morgan fingerprint density at radius 1 is 1.32 bits per heavy atom. The van der Waals surface area contributed by atoms with Crippen molar-refractivity contribution in [1.29, 1.82) is 0 Å². The van der Waals surface area contributed by atoms with E-state index in [1.807, 2.05) is 31.5 Å². The number of thioether (sulfide) groups is 1. The van der Waals surface area contributed by atoms with E-state index in [0.717, 1.165) is 17.0 Å². The van der Waals surface area contributed by atoms with E-state index < -0.39 is 0 Å². The summed E-state index contributed by atoms with van der Waals surface area (Å²) >= 11 is 2.69. The number of nitrogens with one attached hydrogen (secondary N) is 1. The third kappa shape index (κ3) is 4.08. The molecule has 0 aliphatic rings. The number of hydrogen-bond donors (Lipinski definition) is 1. The van der Waals surface area contributed by atoms with Crippen LogP contribution in [0.3, 0.4) is 0 Å². The molecule has 0 aliphatic heterocycles. The highest BCUT2D eigenvalue weighted by Gasteiger charge is 2.15. The molecule has 1 N–H and O–H groups in total. The quantitative estimate of drug-likeness (QED) is 0.512. The zero-order valence-electron chi connectivity index (χ0n) is 14.0. The van der Waals surface area contributed by atoms with Crippen LogP contribution >= 0.6 is 23.1 Å². The van der Waals surface area contributed by atoms with Crippen molar-refractivity contribution in [1.82, 2.24) is 14.8 Å². The van der Waals surface area contributed by atoms with Crippen molar-refractivity contribution >= 4 is 39.7 Å². The number of aromatic nitrogens is 3. The normalized spacial score (nSPS) is 10.9. The van der Waals surface area contributed by atoms with Gasteiger partial charge in [-0.3, -0.25) is 4.79 Å². The van der Waals surface area contributed by atoms with Gasteiger partial charge in [-0.2, -0.15) is 0 Å². The van der Waals surface area contributed by atoms with Gasteiger partial charge in [0.25, 0.3) is 0 Å². The molecule has 0 bridgehead atoms. The number of carbonyl (C=O) groups is 1. The Labute approximate surface area is 153 Å². The molecule has 2 heterocycles. The van der Waals surface area contributed by atoms with Gasteiger partial charge < -0.3 is 9.88 Å². The summed E-state index contributed by atoms with van der Waals surface area (Å²) in [4.78, 5) is 12.4. The topological polar surface area (TPSA) is 59.8 Å². The van der Waals surface area contributed by atoms with Crippen LogP contribution in [0.15, 0.2) is 34.7 Å². The fourth-order valence-corrected chi connectivity index (χ4v) is 4.01. The summed E-state index contributed by atoms with van der Waals surface area (Å²) in [5.41, 5.74) is 3.38. The molecular weight excluding hydrogens is 359 g/mol. The Kier molecular flexibility index (Phi) is 5.19. The smallest absolute Gasteiger partial charge is 0.210 e. The average molecular weight is 376 g/mol. The highest BCUT2D eigenvalue weighted by atomic mass is 32.2. The molecule has 0 atom stereocenters. The number of nitrogens with zero attached hydrogens (tertiary/aromatic N) is 3. The van der Waals surface area contributed by atoms with Crippen LogP contribution in [0.5, 0.6) is 0 Å². The molecule has 25 heavy (non-hydrogen) atoms. The van der Waals surface area contributed by atoms with Crippen molar-refractivity contribution < 1.29 is 9.18 Å². The van der Waals surface area contributed by atoms with E-state index in [1.54, 1.807) is 12.1 Å². The summed E-state index contributed by atoms with van der Waals surface area (Å²) in [6.07, 6.45) is 0. The Bertz CT molecular complexity index is 919. The average Bonchev–Trinajstić information content (AvgIpc) is 3.12. The van der Waals surface area contributed by atoms with E-state index in [0.29, 0.717) is 20.9 Å². The second-order valence-electron chi connectivity index (χ2n) is 5.56. The second-order valence-corrected chi connectivity index (χ2v) is 7.76. The number of anilines is 2. The highest BCUT2D eigenvalue weighted by molar-refractivity contribution is 8.01. The summed E-state index contributed by atoms with van der Waals surface area (Å²) in [5.74, 6) is 0.0584. The third-order valence-electron chi connectivity index (χ3n) is 3.88.